The molecule has 2 aliphatic rings. The molecule has 2 amide bonds. The summed E-state index contributed by atoms with van der Waals surface area (Å²) in [6.07, 6.45) is 3.21. The molecule has 1 N–H and O–H groups in total. The van der Waals surface area contributed by atoms with E-state index in [1.165, 1.54) is 10.6 Å². The third-order valence-electron chi connectivity index (χ3n) is 5.99. The first-order valence-corrected chi connectivity index (χ1v) is 12.4. The van der Waals surface area contributed by atoms with E-state index in [-0.39, 0.29) is 23.9 Å². The number of anilines is 1. The Labute approximate surface area is 183 Å². The summed E-state index contributed by atoms with van der Waals surface area (Å²) in [6.45, 7) is 3.01. The molecular formula is C23H27N3O4S. The van der Waals surface area contributed by atoms with Gasteiger partial charge in [-0.25, -0.2) is 8.42 Å². The van der Waals surface area contributed by atoms with Gasteiger partial charge in [0.25, 0.3) is 11.8 Å². The normalized spacial score (nSPS) is 19.2. The minimum absolute atomic E-state index is 0.0425. The smallest absolute Gasteiger partial charge is 0.253 e. The second-order valence-corrected chi connectivity index (χ2v) is 10.2. The van der Waals surface area contributed by atoms with Gasteiger partial charge in [-0.1, -0.05) is 18.2 Å². The summed E-state index contributed by atoms with van der Waals surface area (Å²) in [5.41, 5.74) is 2.76. The molecule has 4 rings (SSSR count). The molecule has 0 bridgehead atoms. The van der Waals surface area contributed by atoms with Crippen molar-refractivity contribution in [1.82, 2.24) is 10.2 Å². The number of rotatable bonds is 4. The molecule has 0 aromatic heterocycles. The number of likely N-dealkylation sites (tertiary alicyclic amines) is 1. The second-order valence-electron chi connectivity index (χ2n) is 8.36. The summed E-state index contributed by atoms with van der Waals surface area (Å²) < 4.78 is 25.6. The molecule has 0 saturated carbocycles. The van der Waals surface area contributed by atoms with Gasteiger partial charge < -0.3 is 10.2 Å². The van der Waals surface area contributed by atoms with E-state index in [1.54, 1.807) is 29.2 Å². The topological polar surface area (TPSA) is 86.8 Å². The molecule has 31 heavy (non-hydrogen) atoms. The number of sulfonamides is 1. The van der Waals surface area contributed by atoms with Crippen LogP contribution in [-0.2, 0) is 16.4 Å². The zero-order valence-corrected chi connectivity index (χ0v) is 18.6. The minimum Gasteiger partial charge on any atom is -0.349 e. The largest absolute Gasteiger partial charge is 0.349 e. The molecule has 2 aromatic carbocycles. The van der Waals surface area contributed by atoms with Crippen molar-refractivity contribution in [3.63, 3.8) is 0 Å². The van der Waals surface area contributed by atoms with Crippen molar-refractivity contribution >= 4 is 27.5 Å². The van der Waals surface area contributed by atoms with Gasteiger partial charge in [0.05, 0.1) is 11.9 Å². The van der Waals surface area contributed by atoms with Crippen molar-refractivity contribution in [2.75, 3.05) is 23.7 Å². The van der Waals surface area contributed by atoms with Crippen molar-refractivity contribution < 1.29 is 18.0 Å². The molecule has 164 valence electrons. The van der Waals surface area contributed by atoms with Crippen LogP contribution < -0.4 is 9.62 Å². The van der Waals surface area contributed by atoms with Gasteiger partial charge >= 0.3 is 0 Å². The van der Waals surface area contributed by atoms with Crippen LogP contribution >= 0.6 is 0 Å². The Kier molecular flexibility index (Phi) is 5.75. The Balaban J connectivity index is 1.38. The average Bonchev–Trinajstić information content (AvgIpc) is 3.09. The number of benzene rings is 2. The zero-order chi connectivity index (χ0) is 22.2. The van der Waals surface area contributed by atoms with Crippen LogP contribution in [-0.4, -0.2) is 56.6 Å². The van der Waals surface area contributed by atoms with Crippen LogP contribution in [0.15, 0.2) is 48.5 Å². The number of hydrogen-bond acceptors (Lipinski definition) is 4. The van der Waals surface area contributed by atoms with Gasteiger partial charge in [-0.05, 0) is 62.1 Å². The molecule has 1 fully saturated rings. The number of piperidine rings is 1. The van der Waals surface area contributed by atoms with Crippen LogP contribution in [0.1, 0.15) is 46.0 Å². The highest BCUT2D eigenvalue weighted by Crippen LogP contribution is 2.35. The number of carbonyl (C=O) groups is 2. The SMILES string of the molecule is CC1Cc2cc(C(=O)N3CCC(NC(=O)c4ccccc4)CC3)ccc2N1S(C)(=O)=O. The molecule has 7 nitrogen and oxygen atoms in total. The molecular weight excluding hydrogens is 414 g/mol. The maximum absolute atomic E-state index is 13.0. The number of amides is 2. The van der Waals surface area contributed by atoms with Gasteiger partial charge in [0.2, 0.25) is 10.0 Å². The third-order valence-corrected chi connectivity index (χ3v) is 7.26. The molecule has 2 aromatic rings. The minimum atomic E-state index is -3.35. The van der Waals surface area contributed by atoms with Crippen molar-refractivity contribution in [2.24, 2.45) is 0 Å². The number of carbonyl (C=O) groups excluding carboxylic acids is 2. The lowest BCUT2D eigenvalue weighted by molar-refractivity contribution is 0.0698. The van der Waals surface area contributed by atoms with Gasteiger partial charge in [-0.2, -0.15) is 0 Å². The lowest BCUT2D eigenvalue weighted by atomic mass is 10.0. The summed E-state index contributed by atoms with van der Waals surface area (Å²) in [5, 5.41) is 3.05. The Bertz CT molecular complexity index is 1090. The van der Waals surface area contributed by atoms with Gasteiger partial charge in [-0.3, -0.25) is 13.9 Å². The highest BCUT2D eigenvalue weighted by molar-refractivity contribution is 7.92. The van der Waals surface area contributed by atoms with E-state index in [9.17, 15) is 18.0 Å². The molecule has 1 atom stereocenters. The van der Waals surface area contributed by atoms with Gasteiger partial charge in [-0.15, -0.1) is 0 Å². The number of nitrogens with one attached hydrogen (secondary N) is 1. The van der Waals surface area contributed by atoms with Crippen LogP contribution in [0, 0.1) is 0 Å². The molecule has 2 aliphatic heterocycles. The molecule has 0 spiro atoms. The van der Waals surface area contributed by atoms with E-state index >= 15 is 0 Å². The average molecular weight is 442 g/mol. The third kappa shape index (κ3) is 4.44. The molecule has 1 unspecified atom stereocenters. The monoisotopic (exact) mass is 441 g/mol. The van der Waals surface area contributed by atoms with E-state index in [0.717, 1.165) is 5.56 Å². The van der Waals surface area contributed by atoms with E-state index in [0.29, 0.717) is 49.2 Å². The van der Waals surface area contributed by atoms with E-state index < -0.39 is 10.0 Å². The Hall–Kier alpha value is -2.87. The Morgan fingerprint density at radius 2 is 1.68 bits per heavy atom. The summed E-state index contributed by atoms with van der Waals surface area (Å²) in [6, 6.07) is 14.3. The first-order chi connectivity index (χ1) is 14.7. The van der Waals surface area contributed by atoms with E-state index in [1.807, 2.05) is 31.2 Å². The summed E-state index contributed by atoms with van der Waals surface area (Å²) in [4.78, 5) is 27.2. The van der Waals surface area contributed by atoms with E-state index in [2.05, 4.69) is 5.32 Å². The predicted molar refractivity (Wildman–Crippen MR) is 120 cm³/mol. The van der Waals surface area contributed by atoms with Crippen molar-refractivity contribution in [1.29, 1.82) is 0 Å². The van der Waals surface area contributed by atoms with Crippen LogP contribution in [0.4, 0.5) is 5.69 Å². The Morgan fingerprint density at radius 3 is 2.32 bits per heavy atom. The highest BCUT2D eigenvalue weighted by Gasteiger charge is 2.33. The number of fused-ring (bicyclic) bond motifs is 1. The Morgan fingerprint density at radius 1 is 1.00 bits per heavy atom. The van der Waals surface area contributed by atoms with Gasteiger partial charge in [0.1, 0.15) is 0 Å². The lowest BCUT2D eigenvalue weighted by Gasteiger charge is -2.32. The molecule has 0 aliphatic carbocycles. The summed E-state index contributed by atoms with van der Waals surface area (Å²) in [7, 11) is -3.35. The first kappa shape index (κ1) is 21.4. The molecule has 0 radical (unpaired) electrons. The molecule has 8 heteroatoms. The van der Waals surface area contributed by atoms with Crippen LogP contribution in [0.3, 0.4) is 0 Å². The van der Waals surface area contributed by atoms with Gasteiger partial charge in [0.15, 0.2) is 0 Å². The molecule has 2 heterocycles. The number of nitrogens with zero attached hydrogens (tertiary/aromatic N) is 2. The number of hydrogen-bond donors (Lipinski definition) is 1. The summed E-state index contributed by atoms with van der Waals surface area (Å²) >= 11 is 0. The maximum atomic E-state index is 13.0. The fraction of sp³-hybridized carbons (Fsp3) is 0.391. The highest BCUT2D eigenvalue weighted by atomic mass is 32.2. The van der Waals surface area contributed by atoms with Crippen LogP contribution in [0.25, 0.3) is 0 Å². The van der Waals surface area contributed by atoms with Crippen LogP contribution in [0.5, 0.6) is 0 Å². The van der Waals surface area contributed by atoms with Crippen molar-refractivity contribution in [2.45, 2.75) is 38.3 Å². The summed E-state index contributed by atoms with van der Waals surface area (Å²) in [5.74, 6) is -0.144. The quantitative estimate of drug-likeness (QED) is 0.790. The van der Waals surface area contributed by atoms with E-state index in [4.69, 9.17) is 0 Å². The standard InChI is InChI=1S/C23H27N3O4S/c1-16-14-19-15-18(8-9-21(19)26(16)31(2,29)30)23(28)25-12-10-20(11-13-25)24-22(27)17-6-4-3-5-7-17/h3-9,15-16,20H,10-14H2,1-2H3,(H,24,27). The maximum Gasteiger partial charge on any atom is 0.253 e. The van der Waals surface area contributed by atoms with Gasteiger partial charge in [0, 0.05) is 36.3 Å². The second kappa shape index (κ2) is 8.34. The lowest BCUT2D eigenvalue weighted by Crippen LogP contribution is -2.46. The van der Waals surface area contributed by atoms with Crippen molar-refractivity contribution in [3.8, 4) is 0 Å². The molecule has 1 saturated heterocycles. The predicted octanol–water partition coefficient (Wildman–Crippen LogP) is 2.43. The zero-order valence-electron chi connectivity index (χ0n) is 17.7. The first-order valence-electron chi connectivity index (χ1n) is 10.5. The van der Waals surface area contributed by atoms with Crippen molar-refractivity contribution in [3.05, 3.63) is 65.2 Å². The van der Waals surface area contributed by atoms with Crippen LogP contribution in [0.2, 0.25) is 0 Å². The fourth-order valence-corrected chi connectivity index (χ4v) is 5.77. The fourth-order valence-electron chi connectivity index (χ4n) is 4.51.